The van der Waals surface area contributed by atoms with Gasteiger partial charge in [0.15, 0.2) is 0 Å². The Morgan fingerprint density at radius 1 is 1.25 bits per heavy atom. The second-order valence-corrected chi connectivity index (χ2v) is 12.5. The molecule has 0 radical (unpaired) electrons. The Hall–Kier alpha value is 0.257. The number of hydrogen-bond donors (Lipinski definition) is 0. The summed E-state index contributed by atoms with van der Waals surface area (Å²) in [7, 11) is 0. The van der Waals surface area contributed by atoms with Gasteiger partial charge in [0, 0.05) is 12.2 Å². The molecule has 7 heteroatoms. The summed E-state index contributed by atoms with van der Waals surface area (Å²) in [5.41, 5.74) is 0.377. The van der Waals surface area contributed by atoms with Crippen LogP contribution in [0.4, 0.5) is 0 Å². The summed E-state index contributed by atoms with van der Waals surface area (Å²) in [6, 6.07) is -1.95. The average molecular weight is 306 g/mol. The Kier molecular flexibility index (Phi) is 8.50. The normalized spacial score (nSPS) is 11.2. The Bertz CT molecular complexity index is 241. The van der Waals surface area contributed by atoms with Gasteiger partial charge in [0.1, 0.15) is 6.61 Å². The van der Waals surface area contributed by atoms with Crippen LogP contribution in [0.5, 0.6) is 0 Å². The molecule has 0 aromatic carbocycles. The number of carbonyl (C=O) groups is 1. The highest BCUT2D eigenvalue weighted by molar-refractivity contribution is 7.64. The van der Waals surface area contributed by atoms with Gasteiger partial charge in [-0.25, -0.2) is 4.79 Å². The van der Waals surface area contributed by atoms with E-state index in [1.54, 1.807) is 6.92 Å². The molecule has 0 aromatic rings. The predicted octanol–water partition coefficient (Wildman–Crippen LogP) is 3.17. The van der Waals surface area contributed by atoms with Crippen LogP contribution in [0.3, 0.4) is 0 Å². The zero-order valence-corrected chi connectivity index (χ0v) is 12.4. The van der Waals surface area contributed by atoms with Crippen molar-refractivity contribution in [1.29, 1.82) is 0 Å². The zero-order chi connectivity index (χ0) is 12.6. The van der Waals surface area contributed by atoms with Crippen LogP contribution in [0, 0.1) is 0 Å². The predicted molar refractivity (Wildman–Crippen MR) is 69.3 cm³/mol. The van der Waals surface area contributed by atoms with Crippen LogP contribution in [-0.4, -0.2) is 31.8 Å². The maximum absolute atomic E-state index is 10.9. The SMILES string of the molecule is C=C(C)C(=O)OCCOCCC[Si](Cl)(Cl)Cl. The Morgan fingerprint density at radius 2 is 1.88 bits per heavy atom. The molecule has 0 amide bonds. The van der Waals surface area contributed by atoms with Gasteiger partial charge in [-0.05, 0) is 19.4 Å². The second-order valence-electron chi connectivity index (χ2n) is 3.25. The van der Waals surface area contributed by atoms with Crippen molar-refractivity contribution in [3.05, 3.63) is 12.2 Å². The molecule has 0 N–H and O–H groups in total. The number of rotatable bonds is 8. The zero-order valence-electron chi connectivity index (χ0n) is 9.10. The van der Waals surface area contributed by atoms with E-state index in [2.05, 4.69) is 6.58 Å². The average Bonchev–Trinajstić information content (AvgIpc) is 2.14. The molecule has 0 unspecified atom stereocenters. The third-order valence-corrected chi connectivity index (χ3v) is 4.18. The van der Waals surface area contributed by atoms with Crippen molar-refractivity contribution in [2.75, 3.05) is 19.8 Å². The lowest BCUT2D eigenvalue weighted by Gasteiger charge is -2.08. The molecule has 0 aliphatic carbocycles. The Labute approximate surface area is 111 Å². The van der Waals surface area contributed by atoms with E-state index in [-0.39, 0.29) is 6.61 Å². The maximum atomic E-state index is 10.9. The smallest absolute Gasteiger partial charge is 0.341 e. The summed E-state index contributed by atoms with van der Waals surface area (Å²) >= 11 is 17.1. The van der Waals surface area contributed by atoms with E-state index >= 15 is 0 Å². The summed E-state index contributed by atoms with van der Waals surface area (Å²) in [6.07, 6.45) is 0.706. The standard InChI is InChI=1S/C9H15Cl3O3Si/c1-8(2)9(13)15-6-5-14-4-3-7-16(10,11)12/h1,3-7H2,2H3. The molecule has 0 bridgehead atoms. The number of hydrogen-bond acceptors (Lipinski definition) is 3. The topological polar surface area (TPSA) is 35.5 Å². The lowest BCUT2D eigenvalue weighted by atomic mass is 10.4. The minimum atomic E-state index is -2.52. The molecule has 0 fully saturated rings. The van der Waals surface area contributed by atoms with Crippen molar-refractivity contribution in [2.45, 2.75) is 19.4 Å². The van der Waals surface area contributed by atoms with Gasteiger partial charge in [-0.3, -0.25) is 0 Å². The van der Waals surface area contributed by atoms with Crippen molar-refractivity contribution >= 4 is 45.2 Å². The number of halogens is 3. The fourth-order valence-electron chi connectivity index (χ4n) is 0.793. The first-order valence-electron chi connectivity index (χ1n) is 4.80. The summed E-state index contributed by atoms with van der Waals surface area (Å²) in [5, 5.41) is 0. The van der Waals surface area contributed by atoms with E-state index in [0.717, 1.165) is 0 Å². The summed E-state index contributed by atoms with van der Waals surface area (Å²) in [6.45, 7) is 6.12. The van der Waals surface area contributed by atoms with E-state index in [0.29, 0.717) is 31.3 Å². The van der Waals surface area contributed by atoms with Crippen LogP contribution >= 0.6 is 33.2 Å². The van der Waals surface area contributed by atoms with Gasteiger partial charge in [-0.2, -0.15) is 0 Å². The minimum Gasteiger partial charge on any atom is -0.460 e. The van der Waals surface area contributed by atoms with Gasteiger partial charge in [-0.15, -0.1) is 33.2 Å². The minimum absolute atomic E-state index is 0.219. The molecule has 0 aliphatic rings. The highest BCUT2D eigenvalue weighted by Gasteiger charge is 2.23. The Balaban J connectivity index is 3.29. The molecule has 94 valence electrons. The number of esters is 1. The van der Waals surface area contributed by atoms with Crippen molar-refractivity contribution in [3.63, 3.8) is 0 Å². The summed E-state index contributed by atoms with van der Waals surface area (Å²) in [4.78, 5) is 10.9. The molecule has 0 saturated carbocycles. The lowest BCUT2D eigenvalue weighted by molar-refractivity contribution is -0.140. The van der Waals surface area contributed by atoms with Crippen molar-refractivity contribution in [2.24, 2.45) is 0 Å². The van der Waals surface area contributed by atoms with Gasteiger partial charge >= 0.3 is 12.0 Å². The molecule has 0 heterocycles. The summed E-state index contributed by atoms with van der Waals surface area (Å²) < 4.78 is 10.0. The lowest BCUT2D eigenvalue weighted by Crippen LogP contribution is -2.13. The van der Waals surface area contributed by atoms with Crippen molar-refractivity contribution in [3.8, 4) is 0 Å². The number of ether oxygens (including phenoxy) is 2. The largest absolute Gasteiger partial charge is 0.460 e. The molecule has 0 saturated heterocycles. The van der Waals surface area contributed by atoms with Crippen molar-refractivity contribution < 1.29 is 14.3 Å². The van der Waals surface area contributed by atoms with Gasteiger partial charge < -0.3 is 9.47 Å². The van der Waals surface area contributed by atoms with Crippen LogP contribution in [0.15, 0.2) is 12.2 Å². The molecular formula is C9H15Cl3O3Si. The molecule has 0 atom stereocenters. The molecule has 3 nitrogen and oxygen atoms in total. The molecule has 0 rings (SSSR count). The number of carbonyl (C=O) groups excluding carboxylic acids is 1. The first-order valence-corrected chi connectivity index (χ1v) is 10.0. The van der Waals surface area contributed by atoms with Crippen LogP contribution < -0.4 is 0 Å². The highest BCUT2D eigenvalue weighted by atomic mass is 35.8. The van der Waals surface area contributed by atoms with Crippen LogP contribution in [0.2, 0.25) is 6.04 Å². The quantitative estimate of drug-likeness (QED) is 0.227. The van der Waals surface area contributed by atoms with E-state index in [1.807, 2.05) is 0 Å². The fourth-order valence-corrected chi connectivity index (χ4v) is 2.54. The monoisotopic (exact) mass is 304 g/mol. The Morgan fingerprint density at radius 3 is 2.38 bits per heavy atom. The maximum Gasteiger partial charge on any atom is 0.341 e. The molecular weight excluding hydrogens is 291 g/mol. The fraction of sp³-hybridized carbons (Fsp3) is 0.667. The molecule has 0 aliphatic heterocycles. The van der Waals surface area contributed by atoms with E-state index in [9.17, 15) is 4.79 Å². The van der Waals surface area contributed by atoms with Gasteiger partial charge in [0.05, 0.1) is 6.61 Å². The second kappa shape index (κ2) is 8.36. The molecule has 0 aromatic heterocycles. The van der Waals surface area contributed by atoms with E-state index in [1.165, 1.54) is 0 Å². The first kappa shape index (κ1) is 16.3. The van der Waals surface area contributed by atoms with Gasteiger partial charge in [0.2, 0.25) is 0 Å². The van der Waals surface area contributed by atoms with E-state index < -0.39 is 12.0 Å². The van der Waals surface area contributed by atoms with Crippen molar-refractivity contribution in [1.82, 2.24) is 0 Å². The van der Waals surface area contributed by atoms with Gasteiger partial charge in [-0.1, -0.05) is 6.58 Å². The van der Waals surface area contributed by atoms with Crippen LogP contribution in [0.1, 0.15) is 13.3 Å². The van der Waals surface area contributed by atoms with E-state index in [4.69, 9.17) is 42.7 Å². The van der Waals surface area contributed by atoms with Crippen LogP contribution in [0.25, 0.3) is 0 Å². The molecule has 0 spiro atoms. The third kappa shape index (κ3) is 10.8. The summed E-state index contributed by atoms with van der Waals surface area (Å²) in [5.74, 6) is -0.405. The first-order chi connectivity index (χ1) is 7.33. The highest BCUT2D eigenvalue weighted by Crippen LogP contribution is 2.26. The molecule has 16 heavy (non-hydrogen) atoms. The van der Waals surface area contributed by atoms with Gasteiger partial charge in [0.25, 0.3) is 0 Å². The van der Waals surface area contributed by atoms with Crippen LogP contribution in [-0.2, 0) is 14.3 Å². The third-order valence-electron chi connectivity index (χ3n) is 1.56.